The molecule has 1 aliphatic rings. The fourth-order valence-corrected chi connectivity index (χ4v) is 3.09. The summed E-state index contributed by atoms with van der Waals surface area (Å²) < 4.78 is 0. The van der Waals surface area contributed by atoms with Crippen molar-refractivity contribution in [2.24, 2.45) is 0 Å². The Morgan fingerprint density at radius 3 is 2.32 bits per heavy atom. The molecule has 0 atom stereocenters. The summed E-state index contributed by atoms with van der Waals surface area (Å²) in [6, 6.07) is 18.5. The molecule has 2 aromatic carbocycles. The van der Waals surface area contributed by atoms with Gasteiger partial charge in [-0.15, -0.1) is 6.58 Å². The van der Waals surface area contributed by atoms with Gasteiger partial charge in [-0.05, 0) is 29.8 Å². The van der Waals surface area contributed by atoms with Crippen LogP contribution in [0.4, 0.5) is 5.69 Å². The molecule has 4 nitrogen and oxygen atoms in total. The van der Waals surface area contributed by atoms with Gasteiger partial charge >= 0.3 is 0 Å². The predicted octanol–water partition coefficient (Wildman–Crippen LogP) is 2.92. The van der Waals surface area contributed by atoms with Gasteiger partial charge in [0, 0.05) is 50.5 Å². The Hall–Kier alpha value is -2.59. The highest BCUT2D eigenvalue weighted by molar-refractivity contribution is 5.94. The molecule has 4 heteroatoms. The van der Waals surface area contributed by atoms with Crippen molar-refractivity contribution in [3.05, 3.63) is 78.4 Å². The molecule has 1 fully saturated rings. The van der Waals surface area contributed by atoms with Crippen LogP contribution in [0.25, 0.3) is 0 Å². The molecule has 2 aromatic rings. The summed E-state index contributed by atoms with van der Waals surface area (Å²) in [6.45, 7) is 9.23. The summed E-state index contributed by atoms with van der Waals surface area (Å²) in [7, 11) is 0. The van der Waals surface area contributed by atoms with Crippen LogP contribution in [-0.2, 0) is 6.54 Å². The van der Waals surface area contributed by atoms with E-state index in [4.69, 9.17) is 0 Å². The highest BCUT2D eigenvalue weighted by Gasteiger charge is 2.17. The topological polar surface area (TPSA) is 35.6 Å². The molecule has 3 rings (SSSR count). The van der Waals surface area contributed by atoms with Crippen LogP contribution in [0.1, 0.15) is 15.9 Å². The molecule has 0 bridgehead atoms. The van der Waals surface area contributed by atoms with E-state index < -0.39 is 0 Å². The van der Waals surface area contributed by atoms with E-state index in [1.54, 1.807) is 6.08 Å². The lowest BCUT2D eigenvalue weighted by atomic mass is 10.1. The third-order valence-electron chi connectivity index (χ3n) is 4.52. The second kappa shape index (κ2) is 8.49. The van der Waals surface area contributed by atoms with E-state index in [0.717, 1.165) is 32.7 Å². The maximum Gasteiger partial charge on any atom is 0.251 e. The van der Waals surface area contributed by atoms with Crippen LogP contribution >= 0.6 is 0 Å². The van der Waals surface area contributed by atoms with Crippen LogP contribution in [0.15, 0.2) is 67.3 Å². The third-order valence-corrected chi connectivity index (χ3v) is 4.52. The average molecular weight is 335 g/mol. The van der Waals surface area contributed by atoms with Crippen molar-refractivity contribution < 1.29 is 4.79 Å². The smallest absolute Gasteiger partial charge is 0.251 e. The number of piperazine rings is 1. The van der Waals surface area contributed by atoms with E-state index in [9.17, 15) is 4.79 Å². The van der Waals surface area contributed by atoms with Crippen molar-refractivity contribution in [2.45, 2.75) is 6.54 Å². The van der Waals surface area contributed by atoms with Crippen LogP contribution in [0.2, 0.25) is 0 Å². The Bertz CT molecular complexity index is 689. The lowest BCUT2D eigenvalue weighted by Crippen LogP contribution is -2.45. The van der Waals surface area contributed by atoms with E-state index >= 15 is 0 Å². The molecule has 0 aliphatic carbocycles. The highest BCUT2D eigenvalue weighted by atomic mass is 16.1. The Labute approximate surface area is 149 Å². The van der Waals surface area contributed by atoms with Crippen LogP contribution in [0, 0.1) is 0 Å². The van der Waals surface area contributed by atoms with Crippen molar-refractivity contribution in [3.63, 3.8) is 0 Å². The number of rotatable bonds is 6. The molecular weight excluding hydrogens is 310 g/mol. The van der Waals surface area contributed by atoms with Crippen LogP contribution in [0.3, 0.4) is 0 Å². The monoisotopic (exact) mass is 335 g/mol. The number of benzene rings is 2. The van der Waals surface area contributed by atoms with Gasteiger partial charge in [-0.2, -0.15) is 0 Å². The van der Waals surface area contributed by atoms with E-state index in [2.05, 4.69) is 52.0 Å². The maximum atomic E-state index is 11.9. The van der Waals surface area contributed by atoms with Gasteiger partial charge in [-0.25, -0.2) is 0 Å². The molecule has 0 aromatic heterocycles. The van der Waals surface area contributed by atoms with E-state index in [-0.39, 0.29) is 5.91 Å². The van der Waals surface area contributed by atoms with Crippen molar-refractivity contribution in [2.75, 3.05) is 37.6 Å². The van der Waals surface area contributed by atoms with Gasteiger partial charge in [0.15, 0.2) is 0 Å². The van der Waals surface area contributed by atoms with Crippen molar-refractivity contribution in [1.82, 2.24) is 10.2 Å². The first-order valence-electron chi connectivity index (χ1n) is 8.76. The molecule has 1 N–H and O–H groups in total. The zero-order chi connectivity index (χ0) is 17.5. The minimum absolute atomic E-state index is 0.0528. The van der Waals surface area contributed by atoms with E-state index in [1.165, 1.54) is 11.3 Å². The maximum absolute atomic E-state index is 11.9. The molecule has 1 saturated heterocycles. The van der Waals surface area contributed by atoms with Gasteiger partial charge in [0.25, 0.3) is 5.91 Å². The van der Waals surface area contributed by atoms with Gasteiger partial charge in [0.2, 0.25) is 0 Å². The summed E-state index contributed by atoms with van der Waals surface area (Å²) in [5.41, 5.74) is 3.24. The second-order valence-electron chi connectivity index (χ2n) is 6.29. The summed E-state index contributed by atoms with van der Waals surface area (Å²) in [5.74, 6) is -0.0528. The van der Waals surface area contributed by atoms with E-state index in [0.29, 0.717) is 12.1 Å². The lowest BCUT2D eigenvalue weighted by molar-refractivity contribution is 0.0958. The zero-order valence-electron chi connectivity index (χ0n) is 14.5. The SMILES string of the molecule is C=CCNC(=O)c1ccc(CN2CCN(c3ccccc3)CC2)cc1. The van der Waals surface area contributed by atoms with Crippen molar-refractivity contribution in [1.29, 1.82) is 0 Å². The van der Waals surface area contributed by atoms with Crippen LogP contribution in [0.5, 0.6) is 0 Å². The standard InChI is InChI=1S/C21H25N3O/c1-2-12-22-21(25)19-10-8-18(9-11-19)17-23-13-15-24(16-14-23)20-6-4-3-5-7-20/h2-11H,1,12-17H2,(H,22,25). The molecule has 1 aliphatic heterocycles. The molecule has 0 radical (unpaired) electrons. The quantitative estimate of drug-likeness (QED) is 0.825. The number of carbonyl (C=O) groups excluding carboxylic acids is 1. The summed E-state index contributed by atoms with van der Waals surface area (Å²) in [5, 5.41) is 2.80. The van der Waals surface area contributed by atoms with Crippen molar-refractivity contribution in [3.8, 4) is 0 Å². The summed E-state index contributed by atoms with van der Waals surface area (Å²) >= 11 is 0. The molecule has 0 unspecified atom stereocenters. The predicted molar refractivity (Wildman–Crippen MR) is 103 cm³/mol. The zero-order valence-corrected chi connectivity index (χ0v) is 14.5. The number of anilines is 1. The normalized spacial score (nSPS) is 15.0. The van der Waals surface area contributed by atoms with Gasteiger partial charge < -0.3 is 10.2 Å². The Morgan fingerprint density at radius 1 is 1.00 bits per heavy atom. The minimum Gasteiger partial charge on any atom is -0.369 e. The van der Waals surface area contributed by atoms with Crippen LogP contribution < -0.4 is 10.2 Å². The molecule has 1 heterocycles. The van der Waals surface area contributed by atoms with Gasteiger partial charge in [-0.3, -0.25) is 9.69 Å². The Kier molecular flexibility index (Phi) is 5.86. The number of carbonyl (C=O) groups is 1. The summed E-state index contributed by atoms with van der Waals surface area (Å²) in [4.78, 5) is 16.8. The molecular formula is C21H25N3O. The third kappa shape index (κ3) is 4.70. The van der Waals surface area contributed by atoms with Crippen LogP contribution in [-0.4, -0.2) is 43.5 Å². The van der Waals surface area contributed by atoms with Gasteiger partial charge in [0.05, 0.1) is 0 Å². The molecule has 130 valence electrons. The molecule has 25 heavy (non-hydrogen) atoms. The first kappa shape index (κ1) is 17.2. The first-order valence-corrected chi connectivity index (χ1v) is 8.76. The Morgan fingerprint density at radius 2 is 1.68 bits per heavy atom. The average Bonchev–Trinajstić information content (AvgIpc) is 2.68. The number of nitrogens with one attached hydrogen (secondary N) is 1. The lowest BCUT2D eigenvalue weighted by Gasteiger charge is -2.36. The molecule has 0 spiro atoms. The second-order valence-corrected chi connectivity index (χ2v) is 6.29. The molecule has 1 amide bonds. The largest absolute Gasteiger partial charge is 0.369 e. The summed E-state index contributed by atoms with van der Waals surface area (Å²) in [6.07, 6.45) is 1.68. The number of hydrogen-bond donors (Lipinski definition) is 1. The number of nitrogens with zero attached hydrogens (tertiary/aromatic N) is 2. The van der Waals surface area contributed by atoms with Gasteiger partial charge in [0.1, 0.15) is 0 Å². The highest BCUT2D eigenvalue weighted by Crippen LogP contribution is 2.17. The Balaban J connectivity index is 1.50. The van der Waals surface area contributed by atoms with Crippen molar-refractivity contribution >= 4 is 11.6 Å². The minimum atomic E-state index is -0.0528. The fraction of sp³-hybridized carbons (Fsp3) is 0.286. The molecule has 0 saturated carbocycles. The number of hydrogen-bond acceptors (Lipinski definition) is 3. The fourth-order valence-electron chi connectivity index (χ4n) is 3.09. The van der Waals surface area contributed by atoms with Gasteiger partial charge in [-0.1, -0.05) is 36.4 Å². The van der Waals surface area contributed by atoms with E-state index in [1.807, 2.05) is 24.3 Å². The first-order chi connectivity index (χ1) is 12.3. The number of amides is 1. The number of para-hydroxylation sites is 1.